The van der Waals surface area contributed by atoms with Crippen LogP contribution >= 0.6 is 0 Å². The van der Waals surface area contributed by atoms with Gasteiger partial charge in [-0.3, -0.25) is 19.3 Å². The zero-order valence-electron chi connectivity index (χ0n) is 14.4. The van der Waals surface area contributed by atoms with E-state index in [9.17, 15) is 14.4 Å². The Labute approximate surface area is 147 Å². The van der Waals surface area contributed by atoms with Gasteiger partial charge in [-0.05, 0) is 37.8 Å². The maximum absolute atomic E-state index is 12.6. The lowest BCUT2D eigenvalue weighted by Crippen LogP contribution is -2.49. The summed E-state index contributed by atoms with van der Waals surface area (Å²) in [6.07, 6.45) is 4.55. The van der Waals surface area contributed by atoms with Crippen LogP contribution < -0.4 is 5.32 Å². The quantitative estimate of drug-likeness (QED) is 0.841. The van der Waals surface area contributed by atoms with Crippen molar-refractivity contribution < 1.29 is 14.4 Å². The van der Waals surface area contributed by atoms with Crippen LogP contribution in [0.4, 0.5) is 0 Å². The third-order valence-corrected chi connectivity index (χ3v) is 5.82. The molecule has 1 N–H and O–H groups in total. The Morgan fingerprint density at radius 1 is 1.12 bits per heavy atom. The molecule has 2 bridgehead atoms. The number of nitrogens with zero attached hydrogens (tertiary/aromatic N) is 2. The van der Waals surface area contributed by atoms with Crippen molar-refractivity contribution in [2.45, 2.75) is 50.2 Å². The van der Waals surface area contributed by atoms with E-state index in [1.54, 1.807) is 24.3 Å². The predicted molar refractivity (Wildman–Crippen MR) is 92.2 cm³/mol. The first kappa shape index (κ1) is 16.3. The fraction of sp³-hybridized carbons (Fsp3) is 0.526. The minimum Gasteiger partial charge on any atom is -0.343 e. The summed E-state index contributed by atoms with van der Waals surface area (Å²) in [5, 5.41) is 3.58. The van der Waals surface area contributed by atoms with Crippen molar-refractivity contribution in [1.82, 2.24) is 15.1 Å². The first-order chi connectivity index (χ1) is 12.0. The molecule has 3 heterocycles. The molecule has 2 fully saturated rings. The number of carbonyl (C=O) groups is 3. The van der Waals surface area contributed by atoms with E-state index in [1.165, 1.54) is 17.7 Å². The molecule has 4 rings (SSSR count). The Bertz CT molecular complexity index is 685. The topological polar surface area (TPSA) is 69.7 Å². The highest BCUT2D eigenvalue weighted by Gasteiger charge is 2.38. The predicted octanol–water partition coefficient (Wildman–Crippen LogP) is 1.41. The summed E-state index contributed by atoms with van der Waals surface area (Å²) in [4.78, 5) is 40.3. The summed E-state index contributed by atoms with van der Waals surface area (Å²) < 4.78 is 0. The van der Waals surface area contributed by atoms with E-state index in [0.29, 0.717) is 23.2 Å². The van der Waals surface area contributed by atoms with E-state index in [0.717, 1.165) is 12.8 Å². The van der Waals surface area contributed by atoms with Gasteiger partial charge in [0, 0.05) is 38.1 Å². The third-order valence-electron chi connectivity index (χ3n) is 5.82. The lowest BCUT2D eigenvalue weighted by atomic mass is 9.98. The molecule has 0 aromatic heterocycles. The van der Waals surface area contributed by atoms with Crippen molar-refractivity contribution in [1.29, 1.82) is 0 Å². The minimum absolute atomic E-state index is 0.00264. The molecule has 6 heteroatoms. The van der Waals surface area contributed by atoms with Crippen molar-refractivity contribution in [2.24, 2.45) is 0 Å². The molecular weight excluding hydrogens is 318 g/mol. The molecule has 3 aliphatic rings. The highest BCUT2D eigenvalue weighted by Crippen LogP contribution is 2.29. The van der Waals surface area contributed by atoms with Gasteiger partial charge in [-0.25, -0.2) is 0 Å². The molecule has 0 saturated carbocycles. The number of benzene rings is 1. The highest BCUT2D eigenvalue weighted by molar-refractivity contribution is 6.21. The first-order valence-electron chi connectivity index (χ1n) is 9.01. The van der Waals surface area contributed by atoms with Crippen molar-refractivity contribution in [3.05, 3.63) is 35.4 Å². The number of amides is 3. The van der Waals surface area contributed by atoms with Crippen LogP contribution in [0.25, 0.3) is 0 Å². The molecule has 2 atom stereocenters. The number of imide groups is 1. The summed E-state index contributed by atoms with van der Waals surface area (Å²) >= 11 is 0. The Kier molecular flexibility index (Phi) is 4.07. The zero-order valence-corrected chi connectivity index (χ0v) is 14.4. The summed E-state index contributed by atoms with van der Waals surface area (Å²) in [5.74, 6) is -0.588. The summed E-state index contributed by atoms with van der Waals surface area (Å²) in [5.41, 5.74) is 0.867. The molecule has 1 aromatic rings. The van der Waals surface area contributed by atoms with Crippen LogP contribution in [0.3, 0.4) is 0 Å². The van der Waals surface area contributed by atoms with E-state index < -0.39 is 0 Å². The Morgan fingerprint density at radius 2 is 1.68 bits per heavy atom. The van der Waals surface area contributed by atoms with E-state index in [-0.39, 0.29) is 36.7 Å². The van der Waals surface area contributed by atoms with Gasteiger partial charge < -0.3 is 10.2 Å². The monoisotopic (exact) mass is 341 g/mol. The fourth-order valence-corrected chi connectivity index (χ4v) is 4.37. The van der Waals surface area contributed by atoms with Gasteiger partial charge in [0.1, 0.15) is 0 Å². The summed E-state index contributed by atoms with van der Waals surface area (Å²) in [6.45, 7) is 0.146. The second kappa shape index (κ2) is 6.26. The van der Waals surface area contributed by atoms with Crippen LogP contribution in [0.5, 0.6) is 0 Å². The molecular formula is C19H23N3O3. The molecule has 0 aliphatic carbocycles. The number of nitrogens with one attached hydrogen (secondary N) is 1. The molecule has 132 valence electrons. The minimum atomic E-state index is -0.295. The molecule has 3 aliphatic heterocycles. The normalized spacial score (nSPS) is 27.6. The number of carbonyl (C=O) groups excluding carboxylic acids is 3. The standard InChI is InChI=1S/C19H23N3O3/c1-21(14-10-12-6-7-13(11-14)20-12)17(23)8-9-22-18(24)15-4-2-3-5-16(15)19(22)25/h2-5,12-14,20H,6-11H2,1H3. The SMILES string of the molecule is CN(C(=O)CCN1C(=O)c2ccccc2C1=O)C1CC2CCC(C1)N2. The number of fused-ring (bicyclic) bond motifs is 3. The average molecular weight is 341 g/mol. The Morgan fingerprint density at radius 3 is 2.24 bits per heavy atom. The van der Waals surface area contributed by atoms with Crippen molar-refractivity contribution >= 4 is 17.7 Å². The second-order valence-electron chi connectivity index (χ2n) is 7.33. The molecule has 0 radical (unpaired) electrons. The van der Waals surface area contributed by atoms with Crippen LogP contribution in [0.2, 0.25) is 0 Å². The molecule has 2 saturated heterocycles. The van der Waals surface area contributed by atoms with Gasteiger partial charge in [-0.15, -0.1) is 0 Å². The fourth-order valence-electron chi connectivity index (χ4n) is 4.37. The van der Waals surface area contributed by atoms with Gasteiger partial charge in [-0.1, -0.05) is 12.1 Å². The van der Waals surface area contributed by atoms with Crippen LogP contribution in [-0.2, 0) is 4.79 Å². The average Bonchev–Trinajstić information content (AvgIpc) is 3.09. The molecule has 25 heavy (non-hydrogen) atoms. The summed E-state index contributed by atoms with van der Waals surface area (Å²) in [7, 11) is 1.85. The van der Waals surface area contributed by atoms with Crippen LogP contribution in [-0.4, -0.2) is 59.2 Å². The third kappa shape index (κ3) is 2.84. The van der Waals surface area contributed by atoms with E-state index >= 15 is 0 Å². The first-order valence-corrected chi connectivity index (χ1v) is 9.01. The lowest BCUT2D eigenvalue weighted by Gasteiger charge is -2.35. The maximum atomic E-state index is 12.6. The largest absolute Gasteiger partial charge is 0.343 e. The van der Waals surface area contributed by atoms with Crippen molar-refractivity contribution in [2.75, 3.05) is 13.6 Å². The van der Waals surface area contributed by atoms with Crippen LogP contribution in [0.1, 0.15) is 52.8 Å². The summed E-state index contributed by atoms with van der Waals surface area (Å²) in [6, 6.07) is 8.12. The van der Waals surface area contributed by atoms with Crippen LogP contribution in [0.15, 0.2) is 24.3 Å². The van der Waals surface area contributed by atoms with Crippen molar-refractivity contribution in [3.63, 3.8) is 0 Å². The molecule has 1 aromatic carbocycles. The molecule has 3 amide bonds. The lowest BCUT2D eigenvalue weighted by molar-refractivity contribution is -0.132. The van der Waals surface area contributed by atoms with E-state index in [1.807, 2.05) is 11.9 Å². The van der Waals surface area contributed by atoms with Gasteiger partial charge >= 0.3 is 0 Å². The number of piperidine rings is 1. The Hall–Kier alpha value is -2.21. The maximum Gasteiger partial charge on any atom is 0.261 e. The number of hydrogen-bond acceptors (Lipinski definition) is 4. The number of rotatable bonds is 4. The Balaban J connectivity index is 1.36. The van der Waals surface area contributed by atoms with Gasteiger partial charge in [0.15, 0.2) is 0 Å². The molecule has 0 spiro atoms. The second-order valence-corrected chi connectivity index (χ2v) is 7.33. The highest BCUT2D eigenvalue weighted by atomic mass is 16.2. The van der Waals surface area contributed by atoms with E-state index in [4.69, 9.17) is 0 Å². The van der Waals surface area contributed by atoms with E-state index in [2.05, 4.69) is 5.32 Å². The van der Waals surface area contributed by atoms with Gasteiger partial charge in [0.2, 0.25) is 5.91 Å². The smallest absolute Gasteiger partial charge is 0.261 e. The molecule has 6 nitrogen and oxygen atoms in total. The van der Waals surface area contributed by atoms with Crippen molar-refractivity contribution in [3.8, 4) is 0 Å². The number of hydrogen-bond donors (Lipinski definition) is 1. The van der Waals surface area contributed by atoms with Crippen LogP contribution in [0, 0.1) is 0 Å². The zero-order chi connectivity index (χ0) is 17.6. The van der Waals surface area contributed by atoms with Gasteiger partial charge in [-0.2, -0.15) is 0 Å². The van der Waals surface area contributed by atoms with Gasteiger partial charge in [0.05, 0.1) is 11.1 Å². The van der Waals surface area contributed by atoms with Gasteiger partial charge in [0.25, 0.3) is 11.8 Å². The molecule has 2 unspecified atom stereocenters.